The normalized spacial score (nSPS) is 21.9. The lowest BCUT2D eigenvalue weighted by atomic mass is 9.94. The van der Waals surface area contributed by atoms with E-state index >= 15 is 0 Å². The van der Waals surface area contributed by atoms with Crippen LogP contribution in [0.1, 0.15) is 29.5 Å². The number of nitrogens with zero attached hydrogens (tertiary/aromatic N) is 3. The first kappa shape index (κ1) is 32.7. The molecule has 246 valence electrons. The first-order valence-corrected chi connectivity index (χ1v) is 16.2. The second kappa shape index (κ2) is 13.0. The summed E-state index contributed by atoms with van der Waals surface area (Å²) in [4.78, 5) is 47.2. The molecule has 1 fully saturated rings. The van der Waals surface area contributed by atoms with Gasteiger partial charge < -0.3 is 36.4 Å². The zero-order chi connectivity index (χ0) is 33.1. The summed E-state index contributed by atoms with van der Waals surface area (Å²) in [7, 11) is -4.65. The highest BCUT2D eigenvalue weighted by molar-refractivity contribution is 7.93. The van der Waals surface area contributed by atoms with Crippen LogP contribution in [0.5, 0.6) is 0 Å². The van der Waals surface area contributed by atoms with Gasteiger partial charge in [-0.2, -0.15) is 0 Å². The molecule has 2 aromatic carbocycles. The third kappa shape index (κ3) is 6.48. The molecule has 5 rings (SSSR count). The Morgan fingerprint density at radius 3 is 2.54 bits per heavy atom. The third-order valence-electron chi connectivity index (χ3n) is 8.26. The number of ether oxygens (including phenoxy) is 1. The molecule has 3 aliphatic rings. The van der Waals surface area contributed by atoms with Crippen molar-refractivity contribution in [2.45, 2.75) is 54.7 Å². The Kier molecular flexibility index (Phi) is 9.21. The van der Waals surface area contributed by atoms with Crippen LogP contribution in [0.2, 0.25) is 0 Å². The number of aryl methyl sites for hydroxylation is 2. The Morgan fingerprint density at radius 2 is 1.89 bits per heavy atom. The summed E-state index contributed by atoms with van der Waals surface area (Å²) in [6.07, 6.45) is -0.294. The van der Waals surface area contributed by atoms with Gasteiger partial charge in [0.25, 0.3) is 5.91 Å². The summed E-state index contributed by atoms with van der Waals surface area (Å²) >= 11 is 0. The number of nitrogens with two attached hydrogens (primary N) is 1. The molecule has 6 N–H and O–H groups in total. The number of carboxylic acid groups (broad SMARTS) is 1. The van der Waals surface area contributed by atoms with E-state index in [1.807, 2.05) is 30.3 Å². The fourth-order valence-corrected chi connectivity index (χ4v) is 7.65. The lowest BCUT2D eigenvalue weighted by Crippen LogP contribution is -2.62. The molecule has 0 bridgehead atoms. The summed E-state index contributed by atoms with van der Waals surface area (Å²) in [6.45, 7) is 3.93. The number of amides is 2. The van der Waals surface area contributed by atoms with Crippen LogP contribution in [0.3, 0.4) is 0 Å². The average molecular weight is 656 g/mol. The topological polar surface area (TPSA) is 214 Å². The van der Waals surface area contributed by atoms with Gasteiger partial charge in [-0.05, 0) is 30.5 Å². The summed E-state index contributed by atoms with van der Waals surface area (Å²) in [5.74, 6) is -2.05. The Bertz CT molecular complexity index is 1660. The van der Waals surface area contributed by atoms with E-state index < -0.39 is 50.9 Å². The van der Waals surface area contributed by atoms with E-state index in [1.165, 1.54) is 30.9 Å². The highest BCUT2D eigenvalue weighted by Gasteiger charge is 2.54. The number of guanidine groups is 1. The van der Waals surface area contributed by atoms with Crippen LogP contribution in [-0.4, -0.2) is 97.3 Å². The van der Waals surface area contributed by atoms with Gasteiger partial charge >= 0.3 is 12.1 Å². The molecule has 1 saturated heterocycles. The quantitative estimate of drug-likeness (QED) is 0.236. The van der Waals surface area contributed by atoms with Gasteiger partial charge in [0.15, 0.2) is 11.6 Å². The fraction of sp³-hybridized carbons (Fsp3) is 0.433. The van der Waals surface area contributed by atoms with Crippen molar-refractivity contribution in [1.82, 2.24) is 20.9 Å². The smallest absolute Gasteiger partial charge is 0.410 e. The Hall–Kier alpha value is -4.70. The lowest BCUT2D eigenvalue weighted by molar-refractivity contribution is -0.139. The van der Waals surface area contributed by atoms with Crippen molar-refractivity contribution in [2.75, 3.05) is 32.7 Å². The van der Waals surface area contributed by atoms with Gasteiger partial charge in [0.2, 0.25) is 14.7 Å². The third-order valence-corrected chi connectivity index (χ3v) is 10.7. The number of benzene rings is 2. The lowest BCUT2D eigenvalue weighted by Gasteiger charge is -2.26. The standard InChI is InChI=1S/C30H37N7O8S/c1-19-7-6-8-20(2)24(19)46(42,43)30(31,26(39)40)17-35-25(38)23-14-29(45-36-23)13-22(15-34-27-32-11-12-33-27)37(18-29)28(41)44-16-21-9-4-3-5-10-21/h3-10,22H,11-18,31H2,1-2H3,(H,35,38)(H,39,40)(H2,32,33,34)/t22?,29?,30-/m0/s1. The number of aliphatic imine (C=N–C) groups is 1. The molecule has 0 saturated carbocycles. The molecule has 3 heterocycles. The van der Waals surface area contributed by atoms with Gasteiger partial charge in [-0.25, -0.2) is 18.0 Å². The van der Waals surface area contributed by atoms with E-state index in [2.05, 4.69) is 26.1 Å². The maximum atomic E-state index is 13.5. The Balaban J connectivity index is 1.27. The second-order valence-corrected chi connectivity index (χ2v) is 13.8. The molecular weight excluding hydrogens is 618 g/mol. The van der Waals surface area contributed by atoms with Crippen molar-refractivity contribution in [3.8, 4) is 0 Å². The maximum Gasteiger partial charge on any atom is 0.410 e. The minimum Gasteiger partial charge on any atom is -0.479 e. The van der Waals surface area contributed by atoms with Gasteiger partial charge in [0.05, 0.1) is 30.6 Å². The van der Waals surface area contributed by atoms with E-state index in [0.29, 0.717) is 43.1 Å². The summed E-state index contributed by atoms with van der Waals surface area (Å²) in [5, 5.41) is 22.5. The second-order valence-electron chi connectivity index (χ2n) is 11.7. The summed E-state index contributed by atoms with van der Waals surface area (Å²) in [6, 6.07) is 13.5. The number of carboxylic acids is 1. The first-order chi connectivity index (χ1) is 21.8. The molecule has 1 spiro atoms. The van der Waals surface area contributed by atoms with E-state index in [4.69, 9.17) is 15.3 Å². The SMILES string of the molecule is Cc1cccc(C)c1S(=O)(=O)[C@@](N)(CNC(=O)C1=NOC2(C1)CC(CNC1=NCCN1)N(C(=O)OCc1ccccc1)C2)C(=O)O. The van der Waals surface area contributed by atoms with Crippen molar-refractivity contribution < 1.29 is 37.5 Å². The van der Waals surface area contributed by atoms with Crippen molar-refractivity contribution in [1.29, 1.82) is 0 Å². The zero-order valence-electron chi connectivity index (χ0n) is 25.5. The Labute approximate surface area is 266 Å². The van der Waals surface area contributed by atoms with E-state index in [0.717, 1.165) is 5.56 Å². The zero-order valence-corrected chi connectivity index (χ0v) is 26.3. The van der Waals surface area contributed by atoms with Gasteiger partial charge in [-0.15, -0.1) is 0 Å². The molecule has 3 atom stereocenters. The number of rotatable bonds is 10. The predicted molar refractivity (Wildman–Crippen MR) is 167 cm³/mol. The molecule has 16 heteroatoms. The largest absolute Gasteiger partial charge is 0.479 e. The molecular formula is C30H37N7O8S. The van der Waals surface area contributed by atoms with Crippen LogP contribution in [0.4, 0.5) is 4.79 Å². The van der Waals surface area contributed by atoms with E-state index in [-0.39, 0.29) is 30.2 Å². The molecule has 0 radical (unpaired) electrons. The molecule has 3 aliphatic heterocycles. The number of carbonyl (C=O) groups is 3. The van der Waals surface area contributed by atoms with Crippen molar-refractivity contribution in [2.24, 2.45) is 15.9 Å². The highest BCUT2D eigenvalue weighted by Crippen LogP contribution is 2.38. The molecule has 0 aromatic heterocycles. The number of sulfone groups is 1. The van der Waals surface area contributed by atoms with Gasteiger partial charge in [0.1, 0.15) is 12.3 Å². The van der Waals surface area contributed by atoms with Gasteiger partial charge in [-0.1, -0.05) is 53.7 Å². The molecule has 46 heavy (non-hydrogen) atoms. The van der Waals surface area contributed by atoms with Crippen LogP contribution in [0.25, 0.3) is 0 Å². The van der Waals surface area contributed by atoms with Crippen LogP contribution >= 0.6 is 0 Å². The van der Waals surface area contributed by atoms with Crippen LogP contribution in [0, 0.1) is 13.8 Å². The van der Waals surface area contributed by atoms with Crippen LogP contribution in [0.15, 0.2) is 63.6 Å². The predicted octanol–water partition coefficient (Wildman–Crippen LogP) is 0.408. The molecule has 0 aliphatic carbocycles. The average Bonchev–Trinajstić information content (AvgIpc) is 3.78. The fourth-order valence-electron chi connectivity index (χ4n) is 5.81. The number of oxime groups is 1. The minimum absolute atomic E-state index is 0.0225. The van der Waals surface area contributed by atoms with Crippen molar-refractivity contribution in [3.05, 3.63) is 65.2 Å². The number of nitrogens with one attached hydrogen (secondary N) is 3. The van der Waals surface area contributed by atoms with Crippen molar-refractivity contribution >= 4 is 39.5 Å². The van der Waals surface area contributed by atoms with E-state index in [1.54, 1.807) is 6.07 Å². The number of likely N-dealkylation sites (tertiary alicyclic amines) is 1. The molecule has 15 nitrogen and oxygen atoms in total. The highest BCUT2D eigenvalue weighted by atomic mass is 32.2. The monoisotopic (exact) mass is 655 g/mol. The number of hydrogen-bond donors (Lipinski definition) is 5. The van der Waals surface area contributed by atoms with Crippen LogP contribution < -0.4 is 21.7 Å². The van der Waals surface area contributed by atoms with Gasteiger partial charge in [-0.3, -0.25) is 14.7 Å². The molecule has 2 unspecified atom stereocenters. The molecule has 2 aromatic rings. The first-order valence-electron chi connectivity index (χ1n) is 14.7. The summed E-state index contributed by atoms with van der Waals surface area (Å²) in [5.41, 5.74) is 6.34. The number of hydrogen-bond acceptors (Lipinski definition) is 12. The van der Waals surface area contributed by atoms with E-state index in [9.17, 15) is 27.9 Å². The number of aliphatic carboxylic acids is 1. The molecule has 2 amide bonds. The van der Waals surface area contributed by atoms with Gasteiger partial charge in [0, 0.05) is 25.9 Å². The maximum absolute atomic E-state index is 13.5. The number of carbonyl (C=O) groups excluding carboxylic acids is 2. The summed E-state index contributed by atoms with van der Waals surface area (Å²) < 4.78 is 32.7. The van der Waals surface area contributed by atoms with Crippen molar-refractivity contribution in [3.63, 3.8) is 0 Å². The van der Waals surface area contributed by atoms with Crippen LogP contribution in [-0.2, 0) is 35.6 Å². The Morgan fingerprint density at radius 1 is 1.17 bits per heavy atom. The minimum atomic E-state index is -4.65.